The van der Waals surface area contributed by atoms with Gasteiger partial charge in [-0.25, -0.2) is 38.4 Å². The smallest absolute Gasteiger partial charge is 0.337 e. The van der Waals surface area contributed by atoms with Crippen molar-refractivity contribution in [1.82, 2.24) is 0 Å². The van der Waals surface area contributed by atoms with Crippen molar-refractivity contribution >= 4 is 112 Å². The van der Waals surface area contributed by atoms with Gasteiger partial charge in [0.15, 0.2) is 0 Å². The van der Waals surface area contributed by atoms with Gasteiger partial charge in [0.25, 0.3) is 0 Å². The van der Waals surface area contributed by atoms with Gasteiger partial charge in [0.05, 0.1) is 44.5 Å². The second-order valence-corrected chi connectivity index (χ2v) is 10.8. The van der Waals surface area contributed by atoms with E-state index in [1.807, 2.05) is 0 Å². The van der Waals surface area contributed by atoms with Gasteiger partial charge in [-0.2, -0.15) is 0 Å². The van der Waals surface area contributed by atoms with Crippen LogP contribution in [0.3, 0.4) is 0 Å². The van der Waals surface area contributed by atoms with Crippen LogP contribution in [0.15, 0.2) is 24.3 Å². The SMILES string of the molecule is O=C(O)c1c(C(=O)O)c2c(C(=O)O)c(C(=O)O)c3c(C(=O)O)c(C(=O)O)c4c(C(=O)O)c(C(=O)O)c5ccc6ccc1c1c6c5c4c3c21. The third-order valence-electron chi connectivity index (χ3n) is 8.69. The molecule has 7 rings (SSSR count). The summed E-state index contributed by atoms with van der Waals surface area (Å²) in [7, 11) is 0. The van der Waals surface area contributed by atoms with Gasteiger partial charge in [0.1, 0.15) is 0 Å². The topological polar surface area (TPSA) is 298 Å². The molecule has 7 aromatic carbocycles. The second-order valence-electron chi connectivity index (χ2n) is 10.8. The minimum absolute atomic E-state index is 0.0773. The van der Waals surface area contributed by atoms with Crippen molar-refractivity contribution in [1.29, 1.82) is 0 Å². The second kappa shape index (κ2) is 9.10. The van der Waals surface area contributed by atoms with Crippen LogP contribution in [-0.4, -0.2) is 88.6 Å². The summed E-state index contributed by atoms with van der Waals surface area (Å²) in [5.41, 5.74) is -9.97. The maximum Gasteiger partial charge on any atom is 0.337 e. The number of benzene rings is 7. The molecule has 0 fully saturated rings. The van der Waals surface area contributed by atoms with E-state index in [0.29, 0.717) is 0 Å². The van der Waals surface area contributed by atoms with Gasteiger partial charge in [-0.05, 0) is 32.3 Å². The van der Waals surface area contributed by atoms with E-state index in [4.69, 9.17) is 0 Å². The Bertz CT molecular complexity index is 2610. The van der Waals surface area contributed by atoms with Gasteiger partial charge in [-0.3, -0.25) is 0 Å². The molecule has 7 aromatic rings. The summed E-state index contributed by atoms with van der Waals surface area (Å²) in [6.45, 7) is 0. The predicted octanol–water partition coefficient (Wildman–Crippen LogP) is 4.50. The summed E-state index contributed by atoms with van der Waals surface area (Å²) < 4.78 is 0. The molecule has 236 valence electrons. The largest absolute Gasteiger partial charge is 0.478 e. The molecule has 16 heteroatoms. The van der Waals surface area contributed by atoms with E-state index in [-0.39, 0.29) is 32.3 Å². The Balaban J connectivity index is 2.16. The van der Waals surface area contributed by atoms with Crippen LogP contribution in [0.4, 0.5) is 0 Å². The molecule has 0 saturated heterocycles. The molecule has 16 nitrogen and oxygen atoms in total. The van der Waals surface area contributed by atoms with Crippen LogP contribution in [0, 0.1) is 0 Å². The molecule has 0 spiro atoms. The first kappa shape index (κ1) is 29.4. The van der Waals surface area contributed by atoms with Gasteiger partial charge >= 0.3 is 47.8 Å². The van der Waals surface area contributed by atoms with Crippen molar-refractivity contribution in [3.63, 3.8) is 0 Å². The Kier molecular flexibility index (Phi) is 5.57. The minimum atomic E-state index is -2.19. The summed E-state index contributed by atoms with van der Waals surface area (Å²) in [6.07, 6.45) is 0. The molecule has 0 aromatic heterocycles. The molecular formula is C32H12O16. The Morgan fingerprint density at radius 1 is 0.271 bits per heavy atom. The monoisotopic (exact) mass is 652 g/mol. The lowest BCUT2D eigenvalue weighted by atomic mass is 9.73. The minimum Gasteiger partial charge on any atom is -0.478 e. The van der Waals surface area contributed by atoms with E-state index in [1.54, 1.807) is 0 Å². The zero-order chi connectivity index (χ0) is 35.0. The first-order valence-corrected chi connectivity index (χ1v) is 13.2. The fourth-order valence-corrected chi connectivity index (χ4v) is 7.35. The highest BCUT2D eigenvalue weighted by atomic mass is 16.4. The molecule has 0 amide bonds. The van der Waals surface area contributed by atoms with E-state index in [0.717, 1.165) is 0 Å². The molecule has 0 heterocycles. The van der Waals surface area contributed by atoms with Crippen LogP contribution in [0.2, 0.25) is 0 Å². The average Bonchev–Trinajstić information content (AvgIpc) is 2.99. The third-order valence-corrected chi connectivity index (χ3v) is 8.69. The molecule has 0 radical (unpaired) electrons. The lowest BCUT2D eigenvalue weighted by molar-refractivity contribution is 0.0645. The summed E-state index contributed by atoms with van der Waals surface area (Å²) >= 11 is 0. The van der Waals surface area contributed by atoms with Gasteiger partial charge < -0.3 is 40.9 Å². The van der Waals surface area contributed by atoms with Crippen molar-refractivity contribution in [3.8, 4) is 0 Å². The van der Waals surface area contributed by atoms with Crippen molar-refractivity contribution in [2.75, 3.05) is 0 Å². The number of carboxylic acids is 8. The molecular weight excluding hydrogens is 640 g/mol. The van der Waals surface area contributed by atoms with Crippen molar-refractivity contribution in [3.05, 3.63) is 68.8 Å². The highest BCUT2D eigenvalue weighted by Gasteiger charge is 2.41. The highest BCUT2D eigenvalue weighted by molar-refractivity contribution is 6.52. The number of hydrogen-bond donors (Lipinski definition) is 8. The lowest BCUT2D eigenvalue weighted by Crippen LogP contribution is -2.21. The molecule has 0 unspecified atom stereocenters. The highest BCUT2D eigenvalue weighted by Crippen LogP contribution is 2.55. The van der Waals surface area contributed by atoms with Crippen LogP contribution in [0.25, 0.3) is 64.6 Å². The van der Waals surface area contributed by atoms with E-state index < -0.39 is 125 Å². The normalized spacial score (nSPS) is 11.8. The molecule has 48 heavy (non-hydrogen) atoms. The first-order chi connectivity index (χ1) is 22.5. The number of aromatic carboxylic acids is 8. The van der Waals surface area contributed by atoms with Crippen LogP contribution in [0.1, 0.15) is 82.9 Å². The fraction of sp³-hybridized carbons (Fsp3) is 0. The van der Waals surface area contributed by atoms with Crippen molar-refractivity contribution in [2.24, 2.45) is 0 Å². The summed E-state index contributed by atoms with van der Waals surface area (Å²) in [5, 5.41) is 77.3. The quantitative estimate of drug-likeness (QED) is 0.0827. The van der Waals surface area contributed by atoms with E-state index >= 15 is 0 Å². The Labute approximate surface area is 260 Å². The Hall–Kier alpha value is -7.36. The van der Waals surface area contributed by atoms with Gasteiger partial charge in [-0.15, -0.1) is 0 Å². The van der Waals surface area contributed by atoms with Crippen LogP contribution in [0.5, 0.6) is 0 Å². The van der Waals surface area contributed by atoms with Gasteiger partial charge in [0.2, 0.25) is 0 Å². The maximum absolute atomic E-state index is 13.0. The van der Waals surface area contributed by atoms with Crippen LogP contribution >= 0.6 is 0 Å². The molecule has 0 aliphatic carbocycles. The average molecular weight is 652 g/mol. The summed E-state index contributed by atoms with van der Waals surface area (Å²) in [6, 6.07) is 4.97. The predicted molar refractivity (Wildman–Crippen MR) is 161 cm³/mol. The molecule has 0 bridgehead atoms. The summed E-state index contributed by atoms with van der Waals surface area (Å²) in [5.74, 6) is -16.5. The number of carbonyl (C=O) groups is 8. The van der Waals surface area contributed by atoms with Crippen LogP contribution < -0.4 is 0 Å². The number of rotatable bonds is 8. The van der Waals surface area contributed by atoms with Crippen molar-refractivity contribution < 1.29 is 79.2 Å². The molecule has 0 atom stereocenters. The molecule has 0 aliphatic heterocycles. The number of carboxylic acid groups (broad SMARTS) is 8. The van der Waals surface area contributed by atoms with Crippen LogP contribution in [-0.2, 0) is 0 Å². The molecule has 0 saturated carbocycles. The molecule has 0 aliphatic rings. The zero-order valence-corrected chi connectivity index (χ0v) is 23.2. The van der Waals surface area contributed by atoms with Crippen molar-refractivity contribution in [2.45, 2.75) is 0 Å². The zero-order valence-electron chi connectivity index (χ0n) is 23.2. The van der Waals surface area contributed by atoms with E-state index in [9.17, 15) is 79.2 Å². The Morgan fingerprint density at radius 3 is 0.750 bits per heavy atom. The fourth-order valence-electron chi connectivity index (χ4n) is 7.35. The van der Waals surface area contributed by atoms with E-state index in [2.05, 4.69) is 0 Å². The van der Waals surface area contributed by atoms with E-state index in [1.165, 1.54) is 24.3 Å². The third kappa shape index (κ3) is 3.21. The summed E-state index contributed by atoms with van der Waals surface area (Å²) in [4.78, 5) is 103. The maximum atomic E-state index is 13.0. The van der Waals surface area contributed by atoms with Gasteiger partial charge in [-0.1, -0.05) is 24.3 Å². The standard InChI is InChI=1S/C32H12O16/c33-25(34)11-6-3-1-5-2-4-7-10-8(5)9(6)13-15-14(10)17(20(28(39)40)12(7)26(35)36)22(30(43)44)24(32(47)48)18(15)23(31(45)46)21(29(41)42)16(13)19(11)27(37)38/h1-4H,(H,33,34)(H,35,36)(H,37,38)(H,39,40)(H,41,42)(H,43,44)(H,45,46)(H,47,48). The first-order valence-electron chi connectivity index (χ1n) is 13.2. The van der Waals surface area contributed by atoms with Gasteiger partial charge in [0, 0.05) is 32.3 Å². The Morgan fingerprint density at radius 2 is 0.500 bits per heavy atom. The number of hydrogen-bond acceptors (Lipinski definition) is 8. The molecule has 8 N–H and O–H groups in total. The lowest BCUT2D eigenvalue weighted by Gasteiger charge is -2.27.